The summed E-state index contributed by atoms with van der Waals surface area (Å²) >= 11 is 6.40. The van der Waals surface area contributed by atoms with Crippen molar-refractivity contribution in [1.29, 1.82) is 0 Å². The van der Waals surface area contributed by atoms with Crippen LogP contribution >= 0.6 is 24.0 Å². The van der Waals surface area contributed by atoms with Gasteiger partial charge in [-0.3, -0.25) is 4.79 Å². The average molecular weight is 438 g/mol. The molecule has 0 spiro atoms. The number of carbonyl (C=O) groups is 1. The van der Waals surface area contributed by atoms with Crippen LogP contribution in [0.2, 0.25) is 0 Å². The van der Waals surface area contributed by atoms with Gasteiger partial charge in [0.15, 0.2) is 0 Å². The molecule has 5 heteroatoms. The van der Waals surface area contributed by atoms with E-state index in [0.29, 0.717) is 9.23 Å². The Balaban J connectivity index is 1.82. The van der Waals surface area contributed by atoms with Crippen LogP contribution in [0.5, 0.6) is 5.75 Å². The molecule has 1 N–H and O–H groups in total. The molecule has 156 valence electrons. The standard InChI is InChI=1S/C25H27NO2S2/c1-24(2)10-11-25(3,4)19-14-16(7-8-18(19)24)17-12-15(6-9-20(17)28-5)13-21-22(27)26-23(29)30-21/h6-9,12-14H,10-11H2,1-5H3,(H,26,27,29)/b21-13-. The number of benzene rings is 2. The van der Waals surface area contributed by atoms with Gasteiger partial charge in [0.2, 0.25) is 0 Å². The highest BCUT2D eigenvalue weighted by atomic mass is 32.2. The Bertz CT molecular complexity index is 1080. The van der Waals surface area contributed by atoms with E-state index in [-0.39, 0.29) is 16.7 Å². The van der Waals surface area contributed by atoms with Crippen molar-refractivity contribution < 1.29 is 9.53 Å². The first-order valence-electron chi connectivity index (χ1n) is 10.2. The Labute approximate surface area is 188 Å². The van der Waals surface area contributed by atoms with Crippen molar-refractivity contribution in [1.82, 2.24) is 5.32 Å². The van der Waals surface area contributed by atoms with Gasteiger partial charge in [0.05, 0.1) is 12.0 Å². The minimum absolute atomic E-state index is 0.139. The number of hydrogen-bond acceptors (Lipinski definition) is 4. The number of rotatable bonds is 3. The number of hydrogen-bond donors (Lipinski definition) is 1. The Morgan fingerprint density at radius 3 is 2.37 bits per heavy atom. The SMILES string of the molecule is COc1ccc(/C=C2\SC(=S)NC2=O)cc1-c1ccc2c(c1)C(C)(C)CCC2(C)C. The van der Waals surface area contributed by atoms with E-state index in [4.69, 9.17) is 17.0 Å². The maximum atomic E-state index is 12.0. The van der Waals surface area contributed by atoms with Gasteiger partial charge in [-0.15, -0.1) is 0 Å². The highest BCUT2D eigenvalue weighted by Crippen LogP contribution is 2.47. The number of methoxy groups -OCH3 is 1. The molecule has 0 unspecified atom stereocenters. The molecule has 0 atom stereocenters. The van der Waals surface area contributed by atoms with Crippen LogP contribution in [0, 0.1) is 0 Å². The van der Waals surface area contributed by atoms with Crippen molar-refractivity contribution in [3.63, 3.8) is 0 Å². The smallest absolute Gasteiger partial charge is 0.263 e. The van der Waals surface area contributed by atoms with Crippen molar-refractivity contribution in [3.8, 4) is 16.9 Å². The fraction of sp³-hybridized carbons (Fsp3) is 0.360. The molecule has 1 saturated heterocycles. The lowest BCUT2D eigenvalue weighted by Crippen LogP contribution is -2.33. The minimum atomic E-state index is -0.139. The summed E-state index contributed by atoms with van der Waals surface area (Å²) < 4.78 is 6.17. The van der Waals surface area contributed by atoms with Gasteiger partial charge in [-0.25, -0.2) is 0 Å². The van der Waals surface area contributed by atoms with Crippen molar-refractivity contribution in [2.75, 3.05) is 7.11 Å². The second-order valence-electron chi connectivity index (χ2n) is 9.34. The van der Waals surface area contributed by atoms with E-state index < -0.39 is 0 Å². The van der Waals surface area contributed by atoms with Crippen LogP contribution in [0.4, 0.5) is 0 Å². The predicted octanol–water partition coefficient (Wildman–Crippen LogP) is 6.20. The second kappa shape index (κ2) is 7.54. The van der Waals surface area contributed by atoms with Crippen LogP contribution in [0.1, 0.15) is 57.2 Å². The molecule has 1 amide bonds. The average Bonchev–Trinajstić information content (AvgIpc) is 3.02. The van der Waals surface area contributed by atoms with E-state index in [1.807, 2.05) is 18.2 Å². The molecule has 0 aromatic heterocycles. The first-order valence-corrected chi connectivity index (χ1v) is 11.4. The monoisotopic (exact) mass is 437 g/mol. The Morgan fingerprint density at radius 2 is 1.73 bits per heavy atom. The summed E-state index contributed by atoms with van der Waals surface area (Å²) in [6.45, 7) is 9.34. The molecule has 0 bridgehead atoms. The second-order valence-corrected chi connectivity index (χ2v) is 11.1. The van der Waals surface area contributed by atoms with Gasteiger partial charge in [-0.2, -0.15) is 0 Å². The van der Waals surface area contributed by atoms with Crippen LogP contribution < -0.4 is 10.1 Å². The Hall–Kier alpha value is -2.11. The molecule has 4 rings (SSSR count). The van der Waals surface area contributed by atoms with Gasteiger partial charge in [0.25, 0.3) is 5.91 Å². The first kappa shape index (κ1) is 21.1. The lowest BCUT2D eigenvalue weighted by Gasteiger charge is -2.42. The van der Waals surface area contributed by atoms with Gasteiger partial charge in [0, 0.05) is 5.56 Å². The lowest BCUT2D eigenvalue weighted by molar-refractivity contribution is -0.115. The Morgan fingerprint density at radius 1 is 1.03 bits per heavy atom. The molecule has 1 aliphatic carbocycles. The zero-order valence-electron chi connectivity index (χ0n) is 18.1. The predicted molar refractivity (Wildman–Crippen MR) is 130 cm³/mol. The highest BCUT2D eigenvalue weighted by Gasteiger charge is 2.37. The van der Waals surface area contributed by atoms with E-state index in [1.165, 1.54) is 35.7 Å². The molecule has 1 fully saturated rings. The number of fused-ring (bicyclic) bond motifs is 1. The van der Waals surface area contributed by atoms with E-state index >= 15 is 0 Å². The zero-order valence-corrected chi connectivity index (χ0v) is 19.7. The van der Waals surface area contributed by atoms with E-state index in [9.17, 15) is 4.79 Å². The maximum Gasteiger partial charge on any atom is 0.263 e. The zero-order chi connectivity index (χ0) is 21.7. The molecule has 2 aromatic rings. The van der Waals surface area contributed by atoms with Gasteiger partial charge >= 0.3 is 0 Å². The molecule has 0 saturated carbocycles. The lowest BCUT2D eigenvalue weighted by atomic mass is 9.63. The number of amides is 1. The molecular formula is C25H27NO2S2. The highest BCUT2D eigenvalue weighted by molar-refractivity contribution is 8.26. The normalized spacial score (nSPS) is 20.8. The van der Waals surface area contributed by atoms with E-state index in [0.717, 1.165) is 22.4 Å². The largest absolute Gasteiger partial charge is 0.496 e. The third-order valence-corrected chi connectivity index (χ3v) is 7.49. The number of ether oxygens (including phenoxy) is 1. The van der Waals surface area contributed by atoms with Crippen LogP contribution in [0.25, 0.3) is 17.2 Å². The molecule has 3 nitrogen and oxygen atoms in total. The molecule has 30 heavy (non-hydrogen) atoms. The van der Waals surface area contributed by atoms with E-state index in [2.05, 4.69) is 57.3 Å². The van der Waals surface area contributed by atoms with Crippen molar-refractivity contribution >= 4 is 40.3 Å². The van der Waals surface area contributed by atoms with Crippen molar-refractivity contribution in [2.24, 2.45) is 0 Å². The van der Waals surface area contributed by atoms with E-state index in [1.54, 1.807) is 7.11 Å². The van der Waals surface area contributed by atoms with Gasteiger partial charge in [-0.1, -0.05) is 75.9 Å². The molecule has 0 radical (unpaired) electrons. The topological polar surface area (TPSA) is 38.3 Å². The van der Waals surface area contributed by atoms with Crippen LogP contribution in [0.15, 0.2) is 41.3 Å². The summed E-state index contributed by atoms with van der Waals surface area (Å²) in [6.07, 6.45) is 4.25. The summed E-state index contributed by atoms with van der Waals surface area (Å²) in [5.74, 6) is 0.684. The molecular weight excluding hydrogens is 410 g/mol. The fourth-order valence-electron chi connectivity index (χ4n) is 4.37. The van der Waals surface area contributed by atoms with Crippen LogP contribution in [0.3, 0.4) is 0 Å². The summed E-state index contributed by atoms with van der Waals surface area (Å²) in [6, 6.07) is 12.8. The maximum absolute atomic E-state index is 12.0. The first-order chi connectivity index (χ1) is 14.1. The van der Waals surface area contributed by atoms with Crippen molar-refractivity contribution in [2.45, 2.75) is 51.4 Å². The fourth-order valence-corrected chi connectivity index (χ4v) is 5.41. The quantitative estimate of drug-likeness (QED) is 0.458. The van der Waals surface area contributed by atoms with Gasteiger partial charge in [0.1, 0.15) is 10.1 Å². The summed E-state index contributed by atoms with van der Waals surface area (Å²) in [7, 11) is 1.70. The summed E-state index contributed by atoms with van der Waals surface area (Å²) in [5.41, 5.74) is 6.29. The summed E-state index contributed by atoms with van der Waals surface area (Å²) in [5, 5.41) is 2.67. The van der Waals surface area contributed by atoms with Gasteiger partial charge in [-0.05, 0) is 64.1 Å². The number of thioether (sulfide) groups is 1. The third-order valence-electron chi connectivity index (χ3n) is 6.33. The van der Waals surface area contributed by atoms with Crippen LogP contribution in [-0.4, -0.2) is 17.3 Å². The third kappa shape index (κ3) is 3.81. The number of carbonyl (C=O) groups excluding carboxylic acids is 1. The summed E-state index contributed by atoms with van der Waals surface area (Å²) in [4.78, 5) is 12.7. The molecule has 1 aliphatic heterocycles. The van der Waals surface area contributed by atoms with Crippen molar-refractivity contribution in [3.05, 3.63) is 58.0 Å². The van der Waals surface area contributed by atoms with Gasteiger partial charge < -0.3 is 10.1 Å². The minimum Gasteiger partial charge on any atom is -0.496 e. The Kier molecular flexibility index (Phi) is 5.31. The number of thiocarbonyl (C=S) groups is 1. The van der Waals surface area contributed by atoms with Crippen LogP contribution in [-0.2, 0) is 15.6 Å². The molecule has 2 aromatic carbocycles. The molecule has 1 heterocycles. The number of nitrogens with one attached hydrogen (secondary N) is 1. The molecule has 2 aliphatic rings.